The number of amides is 1. The number of phenolic OH excluding ortho intramolecular Hbond substituents is 1. The second-order valence-corrected chi connectivity index (χ2v) is 7.15. The number of nitrogens with one attached hydrogen (secondary N) is 1. The van der Waals surface area contributed by atoms with Crippen LogP contribution in [-0.2, 0) is 11.2 Å². The van der Waals surface area contributed by atoms with Crippen molar-refractivity contribution in [3.05, 3.63) is 53.6 Å². The molecule has 3 N–H and O–H groups in total. The van der Waals surface area contributed by atoms with E-state index in [1.54, 1.807) is 18.2 Å². The lowest BCUT2D eigenvalue weighted by atomic mass is 9.75. The first-order valence-electron chi connectivity index (χ1n) is 9.24. The number of ether oxygens (including phenoxy) is 2. The lowest BCUT2D eigenvalue weighted by Crippen LogP contribution is -2.42. The van der Waals surface area contributed by atoms with Gasteiger partial charge in [-0.15, -0.1) is 0 Å². The Labute approximate surface area is 157 Å². The van der Waals surface area contributed by atoms with E-state index >= 15 is 0 Å². The van der Waals surface area contributed by atoms with Gasteiger partial charge in [0.1, 0.15) is 5.75 Å². The van der Waals surface area contributed by atoms with E-state index in [0.717, 1.165) is 23.3 Å². The van der Waals surface area contributed by atoms with Gasteiger partial charge in [0, 0.05) is 6.42 Å². The molecule has 2 aromatic carbocycles. The Kier molecular flexibility index (Phi) is 4.90. The number of hydrogen-bond acceptors (Lipinski definition) is 5. The van der Waals surface area contributed by atoms with E-state index in [2.05, 4.69) is 11.4 Å². The predicted molar refractivity (Wildman–Crippen MR) is 98.9 cm³/mol. The van der Waals surface area contributed by atoms with Crippen LogP contribution in [0.4, 0.5) is 0 Å². The number of aliphatic hydroxyl groups is 1. The van der Waals surface area contributed by atoms with Crippen LogP contribution in [0.5, 0.6) is 17.2 Å². The van der Waals surface area contributed by atoms with E-state index in [1.807, 2.05) is 12.1 Å². The molecule has 6 heteroatoms. The molecule has 2 aliphatic rings. The molecule has 0 unspecified atom stereocenters. The Hall–Kier alpha value is -2.73. The lowest BCUT2D eigenvalue weighted by molar-refractivity contribution is -0.125. The smallest absolute Gasteiger partial charge is 0.258 e. The first kappa shape index (κ1) is 17.7. The summed E-state index contributed by atoms with van der Waals surface area (Å²) >= 11 is 0. The van der Waals surface area contributed by atoms with Gasteiger partial charge in [0.15, 0.2) is 18.1 Å². The maximum atomic E-state index is 12.5. The Morgan fingerprint density at radius 1 is 1.26 bits per heavy atom. The number of benzene rings is 2. The van der Waals surface area contributed by atoms with Crippen LogP contribution in [0, 0.1) is 5.92 Å². The molecule has 4 rings (SSSR count). The third kappa shape index (κ3) is 3.85. The zero-order valence-electron chi connectivity index (χ0n) is 14.9. The average Bonchev–Trinajstić information content (AvgIpc) is 3.11. The molecule has 27 heavy (non-hydrogen) atoms. The quantitative estimate of drug-likeness (QED) is 0.727. The van der Waals surface area contributed by atoms with Gasteiger partial charge in [0.25, 0.3) is 5.91 Å². The molecular weight excluding hydrogens is 346 g/mol. The third-order valence-corrected chi connectivity index (χ3v) is 5.23. The van der Waals surface area contributed by atoms with Crippen molar-refractivity contribution in [2.75, 3.05) is 13.2 Å². The first-order chi connectivity index (χ1) is 13.1. The molecular formula is C21H23NO5. The van der Waals surface area contributed by atoms with Crippen molar-refractivity contribution in [1.82, 2.24) is 5.32 Å². The molecule has 1 amide bonds. The molecule has 142 valence electrons. The van der Waals surface area contributed by atoms with Gasteiger partial charge in [-0.3, -0.25) is 4.79 Å². The summed E-state index contributed by atoms with van der Waals surface area (Å²) in [4.78, 5) is 12.5. The van der Waals surface area contributed by atoms with Crippen molar-refractivity contribution in [3.63, 3.8) is 0 Å². The van der Waals surface area contributed by atoms with Gasteiger partial charge in [-0.05, 0) is 54.2 Å². The second-order valence-electron chi connectivity index (χ2n) is 7.15. The SMILES string of the molecule is O=C(COc1ccccc1O)N[C@@H](c1ccc2c(c1)CCO2)C1CC(O)C1. The number of para-hydroxylation sites is 2. The molecule has 1 atom stereocenters. The molecule has 0 spiro atoms. The minimum Gasteiger partial charge on any atom is -0.504 e. The number of rotatable bonds is 6. The van der Waals surface area contributed by atoms with Crippen LogP contribution in [-0.4, -0.2) is 35.4 Å². The van der Waals surface area contributed by atoms with Crippen molar-refractivity contribution in [2.45, 2.75) is 31.4 Å². The number of aliphatic hydroxyl groups excluding tert-OH is 1. The van der Waals surface area contributed by atoms with E-state index < -0.39 is 0 Å². The Balaban J connectivity index is 1.45. The van der Waals surface area contributed by atoms with Crippen LogP contribution in [0.3, 0.4) is 0 Å². The standard InChI is InChI=1S/C21H23NO5/c23-16-10-15(11-16)21(14-5-6-18-13(9-14)7-8-26-18)22-20(25)12-27-19-4-2-1-3-17(19)24/h1-6,9,15-16,21,23-24H,7-8,10-12H2,(H,22,25)/t15?,16?,21-/m0/s1. The van der Waals surface area contributed by atoms with Gasteiger partial charge in [-0.25, -0.2) is 0 Å². The summed E-state index contributed by atoms with van der Waals surface area (Å²) in [6.45, 7) is 0.504. The van der Waals surface area contributed by atoms with Crippen molar-refractivity contribution in [3.8, 4) is 17.2 Å². The molecule has 2 aromatic rings. The first-order valence-corrected chi connectivity index (χ1v) is 9.24. The number of aromatic hydroxyl groups is 1. The van der Waals surface area contributed by atoms with Crippen LogP contribution in [0.2, 0.25) is 0 Å². The van der Waals surface area contributed by atoms with Crippen molar-refractivity contribution in [1.29, 1.82) is 0 Å². The second kappa shape index (κ2) is 7.48. The average molecular weight is 369 g/mol. The van der Waals surface area contributed by atoms with Crippen molar-refractivity contribution < 1.29 is 24.5 Å². The minimum atomic E-state index is -0.301. The summed E-state index contributed by atoms with van der Waals surface area (Å²) in [6.07, 6.45) is 1.90. The maximum absolute atomic E-state index is 12.5. The van der Waals surface area contributed by atoms with Gasteiger partial charge in [-0.2, -0.15) is 0 Å². The molecule has 1 heterocycles. The van der Waals surface area contributed by atoms with Crippen LogP contribution >= 0.6 is 0 Å². The Morgan fingerprint density at radius 3 is 2.85 bits per heavy atom. The third-order valence-electron chi connectivity index (χ3n) is 5.23. The summed E-state index contributed by atoms with van der Waals surface area (Å²) in [5.74, 6) is 1.11. The lowest BCUT2D eigenvalue weighted by Gasteiger charge is -2.38. The van der Waals surface area contributed by atoms with E-state index in [4.69, 9.17) is 9.47 Å². The van der Waals surface area contributed by atoms with Crippen LogP contribution in [0.25, 0.3) is 0 Å². The molecule has 0 bridgehead atoms. The van der Waals surface area contributed by atoms with E-state index in [1.165, 1.54) is 6.07 Å². The van der Waals surface area contributed by atoms with Crippen LogP contribution < -0.4 is 14.8 Å². The zero-order chi connectivity index (χ0) is 18.8. The number of carbonyl (C=O) groups excluding carboxylic acids is 1. The summed E-state index contributed by atoms with van der Waals surface area (Å²) in [6, 6.07) is 12.4. The van der Waals surface area contributed by atoms with Crippen LogP contribution in [0.15, 0.2) is 42.5 Å². The minimum absolute atomic E-state index is 0.00240. The molecule has 0 radical (unpaired) electrons. The summed E-state index contributed by atoms with van der Waals surface area (Å²) in [5.41, 5.74) is 2.17. The largest absolute Gasteiger partial charge is 0.504 e. The number of fused-ring (bicyclic) bond motifs is 1. The fourth-order valence-corrected chi connectivity index (χ4v) is 3.71. The number of phenols is 1. The van der Waals surface area contributed by atoms with Gasteiger partial charge >= 0.3 is 0 Å². The van der Waals surface area contributed by atoms with Crippen molar-refractivity contribution >= 4 is 5.91 Å². The van der Waals surface area contributed by atoms with Crippen molar-refractivity contribution in [2.24, 2.45) is 5.92 Å². The molecule has 6 nitrogen and oxygen atoms in total. The van der Waals surface area contributed by atoms with Gasteiger partial charge in [-0.1, -0.05) is 18.2 Å². The number of hydrogen-bond donors (Lipinski definition) is 3. The highest BCUT2D eigenvalue weighted by atomic mass is 16.5. The van der Waals surface area contributed by atoms with E-state index in [-0.39, 0.29) is 42.1 Å². The maximum Gasteiger partial charge on any atom is 0.258 e. The summed E-state index contributed by atoms with van der Waals surface area (Å²) in [7, 11) is 0. The summed E-state index contributed by atoms with van der Waals surface area (Å²) in [5, 5.41) is 22.5. The van der Waals surface area contributed by atoms with E-state index in [0.29, 0.717) is 19.4 Å². The molecule has 0 saturated heterocycles. The zero-order valence-corrected chi connectivity index (χ0v) is 14.9. The number of carbonyl (C=O) groups is 1. The molecule has 0 aromatic heterocycles. The molecule has 1 saturated carbocycles. The fraction of sp³-hybridized carbons (Fsp3) is 0.381. The summed E-state index contributed by atoms with van der Waals surface area (Å²) < 4.78 is 11.0. The van der Waals surface area contributed by atoms with Gasteiger partial charge in [0.05, 0.1) is 18.8 Å². The van der Waals surface area contributed by atoms with Gasteiger partial charge < -0.3 is 25.0 Å². The Bertz CT molecular complexity index is 831. The molecule has 1 aliphatic carbocycles. The Morgan fingerprint density at radius 2 is 2.07 bits per heavy atom. The fourth-order valence-electron chi connectivity index (χ4n) is 3.71. The van der Waals surface area contributed by atoms with E-state index in [9.17, 15) is 15.0 Å². The highest BCUT2D eigenvalue weighted by molar-refractivity contribution is 5.78. The van der Waals surface area contributed by atoms with Gasteiger partial charge in [0.2, 0.25) is 0 Å². The highest BCUT2D eigenvalue weighted by Gasteiger charge is 2.36. The topological polar surface area (TPSA) is 88.0 Å². The predicted octanol–water partition coefficient (Wildman–Crippen LogP) is 2.33. The van der Waals surface area contributed by atoms with Crippen LogP contribution in [0.1, 0.15) is 30.0 Å². The normalized spacial score (nSPS) is 21.5. The monoisotopic (exact) mass is 369 g/mol. The molecule has 1 aliphatic heterocycles. The molecule has 1 fully saturated rings. The highest BCUT2D eigenvalue weighted by Crippen LogP contribution is 2.39.